The molecular weight excluding hydrogens is 204 g/mol. The first kappa shape index (κ1) is 11.0. The molecule has 4 heteroatoms. The van der Waals surface area contributed by atoms with Gasteiger partial charge in [0, 0.05) is 6.54 Å². The Morgan fingerprint density at radius 2 is 2.06 bits per heavy atom. The van der Waals surface area contributed by atoms with Gasteiger partial charge in [-0.25, -0.2) is 4.79 Å². The molecule has 86 valence electrons. The Morgan fingerprint density at radius 1 is 1.38 bits per heavy atom. The Bertz CT molecular complexity index is 404. The fourth-order valence-corrected chi connectivity index (χ4v) is 1.95. The van der Waals surface area contributed by atoms with E-state index >= 15 is 0 Å². The van der Waals surface area contributed by atoms with Crippen molar-refractivity contribution < 1.29 is 9.53 Å². The molecule has 0 aliphatic carbocycles. The highest BCUT2D eigenvalue weighted by Gasteiger charge is 2.32. The summed E-state index contributed by atoms with van der Waals surface area (Å²) in [6.07, 6.45) is -0.313. The van der Waals surface area contributed by atoms with Crippen molar-refractivity contribution in [1.29, 1.82) is 0 Å². The van der Waals surface area contributed by atoms with Crippen molar-refractivity contribution in [1.82, 2.24) is 4.90 Å². The van der Waals surface area contributed by atoms with Crippen LogP contribution in [-0.4, -0.2) is 37.9 Å². The third-order valence-electron chi connectivity index (χ3n) is 2.69. The summed E-state index contributed by atoms with van der Waals surface area (Å²) >= 11 is 0. The lowest BCUT2D eigenvalue weighted by atomic mass is 10.1. The molecule has 0 fully saturated rings. The van der Waals surface area contributed by atoms with E-state index in [1.807, 2.05) is 44.1 Å². The summed E-state index contributed by atoms with van der Waals surface area (Å²) < 4.78 is 5.39. The number of carbonyl (C=O) groups excluding carboxylic acids is 1. The van der Waals surface area contributed by atoms with Crippen molar-refractivity contribution in [2.24, 2.45) is 0 Å². The van der Waals surface area contributed by atoms with Crippen LogP contribution in [0.3, 0.4) is 0 Å². The number of hydrogen-bond donors (Lipinski definition) is 0. The Kier molecular flexibility index (Phi) is 2.83. The van der Waals surface area contributed by atoms with Gasteiger partial charge in [0.1, 0.15) is 0 Å². The summed E-state index contributed by atoms with van der Waals surface area (Å²) in [5, 5.41) is 0. The Hall–Kier alpha value is -1.55. The third kappa shape index (κ3) is 1.65. The molecule has 1 aromatic carbocycles. The van der Waals surface area contributed by atoms with E-state index in [0.29, 0.717) is 5.56 Å². The second kappa shape index (κ2) is 4.14. The summed E-state index contributed by atoms with van der Waals surface area (Å²) in [5.74, 6) is -0.251. The van der Waals surface area contributed by atoms with Gasteiger partial charge in [-0.05, 0) is 33.2 Å². The Morgan fingerprint density at radius 3 is 2.69 bits per heavy atom. The highest BCUT2D eigenvalue weighted by atomic mass is 16.6. The van der Waals surface area contributed by atoms with E-state index in [1.54, 1.807) is 6.07 Å². The van der Waals surface area contributed by atoms with Gasteiger partial charge in [0.15, 0.2) is 0 Å². The average molecular weight is 220 g/mol. The molecule has 1 aliphatic rings. The first-order valence-electron chi connectivity index (χ1n) is 5.38. The minimum Gasteiger partial charge on any atom is -0.424 e. The van der Waals surface area contributed by atoms with Crippen molar-refractivity contribution in [3.05, 3.63) is 29.8 Å². The number of anilines is 1. The number of hydrogen-bond acceptors (Lipinski definition) is 4. The molecule has 4 nitrogen and oxygen atoms in total. The van der Waals surface area contributed by atoms with Gasteiger partial charge in [0.25, 0.3) is 0 Å². The molecular formula is C12H16N2O2. The van der Waals surface area contributed by atoms with Crippen molar-refractivity contribution in [2.45, 2.75) is 13.3 Å². The lowest BCUT2D eigenvalue weighted by Gasteiger charge is -2.39. The molecule has 0 spiro atoms. The number of cyclic esters (lactones) is 1. The van der Waals surface area contributed by atoms with E-state index in [4.69, 9.17) is 4.74 Å². The molecule has 0 saturated carbocycles. The third-order valence-corrected chi connectivity index (χ3v) is 2.69. The molecule has 0 aromatic heterocycles. The van der Waals surface area contributed by atoms with Gasteiger partial charge in [-0.2, -0.15) is 0 Å². The van der Waals surface area contributed by atoms with Crippen molar-refractivity contribution >= 4 is 11.7 Å². The van der Waals surface area contributed by atoms with Crippen LogP contribution in [0.1, 0.15) is 17.3 Å². The number of nitrogens with zero attached hydrogens (tertiary/aromatic N) is 2. The fraction of sp³-hybridized carbons (Fsp3) is 0.417. The number of fused-ring (bicyclic) bond motifs is 1. The minimum absolute atomic E-state index is 0.251. The summed E-state index contributed by atoms with van der Waals surface area (Å²) in [7, 11) is 3.79. The van der Waals surface area contributed by atoms with Crippen LogP contribution in [-0.2, 0) is 4.74 Å². The van der Waals surface area contributed by atoms with E-state index in [-0.39, 0.29) is 12.3 Å². The molecule has 1 aliphatic heterocycles. The molecule has 0 amide bonds. The molecule has 1 atom stereocenters. The number of esters is 1. The van der Waals surface area contributed by atoms with Crippen LogP contribution in [0.25, 0.3) is 0 Å². The standard InChI is InChI=1S/C12H16N2O2/c1-4-14-10-8-6-5-7-9(10)11(15)16-12(14)13(2)3/h5-8,12H,4H2,1-3H3/t12-/m1/s1. The predicted molar refractivity (Wildman–Crippen MR) is 62.4 cm³/mol. The fourth-order valence-electron chi connectivity index (χ4n) is 1.95. The average Bonchev–Trinajstić information content (AvgIpc) is 2.29. The van der Waals surface area contributed by atoms with Crippen LogP contribution >= 0.6 is 0 Å². The topological polar surface area (TPSA) is 32.8 Å². The molecule has 0 unspecified atom stereocenters. The van der Waals surface area contributed by atoms with Gasteiger partial charge in [-0.1, -0.05) is 12.1 Å². The van der Waals surface area contributed by atoms with Crippen LogP contribution in [0.4, 0.5) is 5.69 Å². The van der Waals surface area contributed by atoms with Gasteiger partial charge < -0.3 is 9.64 Å². The second-order valence-electron chi connectivity index (χ2n) is 4.00. The molecule has 1 heterocycles. The second-order valence-corrected chi connectivity index (χ2v) is 4.00. The summed E-state index contributed by atoms with van der Waals surface area (Å²) in [5.41, 5.74) is 1.59. The number of para-hydroxylation sites is 1. The molecule has 0 saturated heterocycles. The largest absolute Gasteiger partial charge is 0.424 e. The monoisotopic (exact) mass is 220 g/mol. The van der Waals surface area contributed by atoms with Gasteiger partial charge in [0.2, 0.25) is 6.35 Å². The maximum atomic E-state index is 11.8. The summed E-state index contributed by atoms with van der Waals surface area (Å²) in [6.45, 7) is 2.85. The van der Waals surface area contributed by atoms with Gasteiger partial charge >= 0.3 is 5.97 Å². The van der Waals surface area contributed by atoms with Gasteiger partial charge in [0.05, 0.1) is 11.3 Å². The zero-order valence-corrected chi connectivity index (χ0v) is 9.80. The summed E-state index contributed by atoms with van der Waals surface area (Å²) in [6, 6.07) is 7.54. The smallest absolute Gasteiger partial charge is 0.343 e. The zero-order chi connectivity index (χ0) is 11.7. The van der Waals surface area contributed by atoms with E-state index in [0.717, 1.165) is 12.2 Å². The maximum Gasteiger partial charge on any atom is 0.343 e. The van der Waals surface area contributed by atoms with Crippen molar-refractivity contribution in [3.63, 3.8) is 0 Å². The zero-order valence-electron chi connectivity index (χ0n) is 9.80. The van der Waals surface area contributed by atoms with Crippen molar-refractivity contribution in [3.8, 4) is 0 Å². The molecule has 1 aromatic rings. The van der Waals surface area contributed by atoms with Crippen molar-refractivity contribution in [2.75, 3.05) is 25.5 Å². The first-order chi connectivity index (χ1) is 7.65. The first-order valence-corrected chi connectivity index (χ1v) is 5.38. The van der Waals surface area contributed by atoms with Crippen LogP contribution in [0.15, 0.2) is 24.3 Å². The number of rotatable bonds is 2. The van der Waals surface area contributed by atoms with Crippen LogP contribution in [0.5, 0.6) is 0 Å². The molecule has 2 rings (SSSR count). The number of benzene rings is 1. The molecule has 0 radical (unpaired) electrons. The molecule has 0 bridgehead atoms. The van der Waals surface area contributed by atoms with Crippen LogP contribution in [0.2, 0.25) is 0 Å². The van der Waals surface area contributed by atoms with Crippen LogP contribution < -0.4 is 4.90 Å². The molecule has 0 N–H and O–H groups in total. The molecule has 16 heavy (non-hydrogen) atoms. The number of carbonyl (C=O) groups is 1. The SMILES string of the molecule is CCN1c2ccccc2C(=O)O[C@@H]1N(C)C. The maximum absolute atomic E-state index is 11.8. The normalized spacial score (nSPS) is 19.6. The van der Waals surface area contributed by atoms with Gasteiger partial charge in [-0.3, -0.25) is 4.90 Å². The van der Waals surface area contributed by atoms with E-state index in [1.165, 1.54) is 0 Å². The van der Waals surface area contributed by atoms with Crippen LogP contribution in [0, 0.1) is 0 Å². The predicted octanol–water partition coefficient (Wildman–Crippen LogP) is 1.53. The quantitative estimate of drug-likeness (QED) is 0.708. The number of ether oxygens (including phenoxy) is 1. The van der Waals surface area contributed by atoms with E-state index < -0.39 is 0 Å². The Labute approximate surface area is 95.4 Å². The highest BCUT2D eigenvalue weighted by molar-refractivity contribution is 5.97. The lowest BCUT2D eigenvalue weighted by Crippen LogP contribution is -2.51. The minimum atomic E-state index is -0.313. The van der Waals surface area contributed by atoms with E-state index in [2.05, 4.69) is 4.90 Å². The van der Waals surface area contributed by atoms with Gasteiger partial charge in [-0.15, -0.1) is 0 Å². The highest BCUT2D eigenvalue weighted by Crippen LogP contribution is 2.29. The Balaban J connectivity index is 2.46. The summed E-state index contributed by atoms with van der Waals surface area (Å²) in [4.78, 5) is 15.7. The lowest BCUT2D eigenvalue weighted by molar-refractivity contribution is -0.0196. The van der Waals surface area contributed by atoms with E-state index in [9.17, 15) is 4.79 Å².